The second kappa shape index (κ2) is 3.99. The molecule has 0 fully saturated rings. The molecule has 3 aromatic rings. The summed E-state index contributed by atoms with van der Waals surface area (Å²) in [6.45, 7) is 0.595. The summed E-state index contributed by atoms with van der Waals surface area (Å²) in [5, 5.41) is 3.17. The largest absolute Gasteiger partial charge is 0.330 e. The third-order valence-electron chi connectivity index (χ3n) is 2.53. The Labute approximate surface area is 97.5 Å². The zero-order valence-electron chi connectivity index (χ0n) is 9.17. The molecule has 86 valence electrons. The molecule has 0 radical (unpaired) electrons. The SMILES string of the molecule is NCCc1cn2[nH]c(-c3ccncc3)nc2n1. The van der Waals surface area contributed by atoms with Crippen molar-refractivity contribution in [2.24, 2.45) is 5.73 Å². The molecule has 3 aromatic heterocycles. The molecule has 6 heteroatoms. The molecule has 0 atom stereocenters. The number of hydrogen-bond acceptors (Lipinski definition) is 4. The van der Waals surface area contributed by atoms with Crippen LogP contribution in [0.2, 0.25) is 0 Å². The van der Waals surface area contributed by atoms with Gasteiger partial charge in [-0.15, -0.1) is 0 Å². The first-order valence-corrected chi connectivity index (χ1v) is 5.41. The molecule has 0 amide bonds. The summed E-state index contributed by atoms with van der Waals surface area (Å²) >= 11 is 0. The monoisotopic (exact) mass is 228 g/mol. The summed E-state index contributed by atoms with van der Waals surface area (Å²) in [5.41, 5.74) is 7.43. The molecule has 0 aliphatic rings. The van der Waals surface area contributed by atoms with Gasteiger partial charge in [0.1, 0.15) is 0 Å². The van der Waals surface area contributed by atoms with Gasteiger partial charge in [0.25, 0.3) is 5.78 Å². The number of hydrogen-bond donors (Lipinski definition) is 2. The van der Waals surface area contributed by atoms with Gasteiger partial charge in [-0.25, -0.2) is 9.50 Å². The van der Waals surface area contributed by atoms with Gasteiger partial charge >= 0.3 is 0 Å². The van der Waals surface area contributed by atoms with Gasteiger partial charge in [0.15, 0.2) is 5.82 Å². The van der Waals surface area contributed by atoms with Crippen LogP contribution in [-0.2, 0) is 6.42 Å². The number of rotatable bonds is 3. The molecule has 0 saturated carbocycles. The molecule has 0 spiro atoms. The lowest BCUT2D eigenvalue weighted by Gasteiger charge is -1.93. The lowest BCUT2D eigenvalue weighted by molar-refractivity contribution is 0.922. The van der Waals surface area contributed by atoms with Crippen LogP contribution < -0.4 is 5.73 Å². The average Bonchev–Trinajstić information content (AvgIpc) is 2.88. The minimum Gasteiger partial charge on any atom is -0.330 e. The molecular formula is C11H12N6. The van der Waals surface area contributed by atoms with Gasteiger partial charge < -0.3 is 5.73 Å². The summed E-state index contributed by atoms with van der Waals surface area (Å²) in [4.78, 5) is 12.8. The van der Waals surface area contributed by atoms with Crippen LogP contribution in [-0.4, -0.2) is 31.1 Å². The van der Waals surface area contributed by atoms with E-state index in [9.17, 15) is 0 Å². The van der Waals surface area contributed by atoms with Gasteiger partial charge in [-0.1, -0.05) is 0 Å². The Hall–Kier alpha value is -2.21. The molecule has 0 unspecified atom stereocenters. The fourth-order valence-corrected chi connectivity index (χ4v) is 1.73. The lowest BCUT2D eigenvalue weighted by atomic mass is 10.3. The van der Waals surface area contributed by atoms with Gasteiger partial charge in [-0.05, 0) is 18.7 Å². The van der Waals surface area contributed by atoms with E-state index >= 15 is 0 Å². The minimum absolute atomic E-state index is 0.595. The first-order chi connectivity index (χ1) is 8.36. The maximum Gasteiger partial charge on any atom is 0.251 e. The van der Waals surface area contributed by atoms with Crippen molar-refractivity contribution in [1.29, 1.82) is 0 Å². The highest BCUT2D eigenvalue weighted by Gasteiger charge is 2.07. The Bertz CT molecular complexity index is 592. The van der Waals surface area contributed by atoms with Crippen molar-refractivity contribution in [3.8, 4) is 11.4 Å². The number of H-pyrrole nitrogens is 1. The van der Waals surface area contributed by atoms with Crippen LogP contribution in [0.1, 0.15) is 5.69 Å². The molecule has 0 bridgehead atoms. The summed E-state index contributed by atoms with van der Waals surface area (Å²) in [5.74, 6) is 1.45. The quantitative estimate of drug-likeness (QED) is 0.688. The zero-order chi connectivity index (χ0) is 11.7. The highest BCUT2D eigenvalue weighted by Crippen LogP contribution is 2.14. The molecular weight excluding hydrogens is 216 g/mol. The number of aromatic nitrogens is 5. The predicted octanol–water partition coefficient (Wildman–Crippen LogP) is 0.621. The van der Waals surface area contributed by atoms with Crippen molar-refractivity contribution in [1.82, 2.24) is 24.6 Å². The topological polar surface area (TPSA) is 84.9 Å². The number of aromatic amines is 1. The lowest BCUT2D eigenvalue weighted by Crippen LogP contribution is -2.02. The Kier molecular flexibility index (Phi) is 2.34. The normalized spacial score (nSPS) is 11.1. The number of nitrogens with zero attached hydrogens (tertiary/aromatic N) is 4. The van der Waals surface area contributed by atoms with E-state index in [0.29, 0.717) is 12.3 Å². The van der Waals surface area contributed by atoms with Crippen LogP contribution in [0.5, 0.6) is 0 Å². The molecule has 0 saturated heterocycles. The van der Waals surface area contributed by atoms with E-state index in [0.717, 1.165) is 23.5 Å². The standard InChI is InChI=1S/C11H12N6/c12-4-1-9-7-17-11(14-9)15-10(16-17)8-2-5-13-6-3-8/h2-3,5-7H,1,4,12H2,(H,14,15,16). The Morgan fingerprint density at radius 2 is 2.06 bits per heavy atom. The van der Waals surface area contributed by atoms with Gasteiger partial charge in [-0.2, -0.15) is 4.98 Å². The smallest absolute Gasteiger partial charge is 0.251 e. The Balaban J connectivity index is 2.01. The highest BCUT2D eigenvalue weighted by molar-refractivity contribution is 5.55. The maximum absolute atomic E-state index is 5.49. The molecule has 0 aliphatic heterocycles. The summed E-state index contributed by atoms with van der Waals surface area (Å²) in [6.07, 6.45) is 6.16. The van der Waals surface area contributed by atoms with E-state index in [1.807, 2.05) is 18.3 Å². The van der Waals surface area contributed by atoms with E-state index < -0.39 is 0 Å². The van der Waals surface area contributed by atoms with Crippen LogP contribution in [0, 0.1) is 0 Å². The third kappa shape index (κ3) is 1.78. The Morgan fingerprint density at radius 3 is 2.76 bits per heavy atom. The second-order valence-corrected chi connectivity index (χ2v) is 3.75. The number of fused-ring (bicyclic) bond motifs is 1. The molecule has 3 rings (SSSR count). The second-order valence-electron chi connectivity index (χ2n) is 3.75. The molecule has 6 nitrogen and oxygen atoms in total. The van der Waals surface area contributed by atoms with Crippen molar-refractivity contribution in [2.75, 3.05) is 6.54 Å². The van der Waals surface area contributed by atoms with Gasteiger partial charge in [0.05, 0.1) is 11.9 Å². The van der Waals surface area contributed by atoms with Crippen LogP contribution in [0.15, 0.2) is 30.7 Å². The summed E-state index contributed by atoms with van der Waals surface area (Å²) in [7, 11) is 0. The highest BCUT2D eigenvalue weighted by atomic mass is 15.3. The van der Waals surface area contributed by atoms with E-state index in [1.165, 1.54) is 0 Å². The van der Waals surface area contributed by atoms with Crippen LogP contribution in [0.25, 0.3) is 17.2 Å². The van der Waals surface area contributed by atoms with E-state index in [-0.39, 0.29) is 0 Å². The molecule has 3 N–H and O–H groups in total. The number of nitrogens with two attached hydrogens (primary N) is 1. The molecule has 0 aliphatic carbocycles. The van der Waals surface area contributed by atoms with Crippen LogP contribution in [0.4, 0.5) is 0 Å². The van der Waals surface area contributed by atoms with Gasteiger partial charge in [-0.3, -0.25) is 10.1 Å². The third-order valence-corrected chi connectivity index (χ3v) is 2.53. The maximum atomic E-state index is 5.49. The summed E-state index contributed by atoms with van der Waals surface area (Å²) < 4.78 is 1.81. The first-order valence-electron chi connectivity index (χ1n) is 5.41. The fourth-order valence-electron chi connectivity index (χ4n) is 1.73. The van der Waals surface area contributed by atoms with Crippen molar-refractivity contribution in [3.05, 3.63) is 36.4 Å². The zero-order valence-corrected chi connectivity index (χ0v) is 9.17. The predicted molar refractivity (Wildman–Crippen MR) is 63.3 cm³/mol. The average molecular weight is 228 g/mol. The van der Waals surface area contributed by atoms with E-state index in [2.05, 4.69) is 20.1 Å². The van der Waals surface area contributed by atoms with Gasteiger partial charge in [0, 0.05) is 24.4 Å². The van der Waals surface area contributed by atoms with Crippen LogP contribution >= 0.6 is 0 Å². The van der Waals surface area contributed by atoms with Crippen LogP contribution in [0.3, 0.4) is 0 Å². The molecule has 3 heterocycles. The minimum atomic E-state index is 0.595. The van der Waals surface area contributed by atoms with Gasteiger partial charge in [0.2, 0.25) is 0 Å². The fraction of sp³-hybridized carbons (Fsp3) is 0.182. The first kappa shape index (κ1) is 9.98. The molecule has 17 heavy (non-hydrogen) atoms. The number of nitrogens with one attached hydrogen (secondary N) is 1. The number of pyridine rings is 1. The number of imidazole rings is 1. The van der Waals surface area contributed by atoms with Crippen molar-refractivity contribution < 1.29 is 0 Å². The Morgan fingerprint density at radius 1 is 1.24 bits per heavy atom. The van der Waals surface area contributed by atoms with E-state index in [4.69, 9.17) is 5.73 Å². The van der Waals surface area contributed by atoms with Crippen molar-refractivity contribution in [2.45, 2.75) is 6.42 Å². The van der Waals surface area contributed by atoms with Crippen molar-refractivity contribution in [3.63, 3.8) is 0 Å². The summed E-state index contributed by atoms with van der Waals surface area (Å²) in [6, 6.07) is 3.80. The molecule has 0 aromatic carbocycles. The van der Waals surface area contributed by atoms with E-state index in [1.54, 1.807) is 16.9 Å². The van der Waals surface area contributed by atoms with Crippen molar-refractivity contribution >= 4 is 5.78 Å².